The fourth-order valence-electron chi connectivity index (χ4n) is 6.82. The molecule has 5 rings (SSSR count). The summed E-state index contributed by atoms with van der Waals surface area (Å²) in [6.45, 7) is 8.04. The molecule has 0 bridgehead atoms. The molecule has 1 fully saturated rings. The minimum Gasteiger partial charge on any atom is -0.362 e. The number of carbonyl (C=O) groups excluding carboxylic acids is 2. The van der Waals surface area contributed by atoms with Gasteiger partial charge in [0.05, 0.1) is 4.92 Å². The van der Waals surface area contributed by atoms with Gasteiger partial charge in [-0.05, 0) is 75.3 Å². The number of carbonyl (C=O) groups is 2. The molecule has 0 radical (unpaired) electrons. The summed E-state index contributed by atoms with van der Waals surface area (Å²) >= 11 is 0. The first-order valence-electron chi connectivity index (χ1n) is 15.8. The summed E-state index contributed by atoms with van der Waals surface area (Å²) in [5.74, 6) is -0.815. The van der Waals surface area contributed by atoms with Crippen LogP contribution in [0.3, 0.4) is 0 Å². The van der Waals surface area contributed by atoms with E-state index in [0.717, 1.165) is 45.3 Å². The van der Waals surface area contributed by atoms with Gasteiger partial charge in [-0.3, -0.25) is 19.7 Å². The normalized spacial score (nSPS) is 17.2. The van der Waals surface area contributed by atoms with Gasteiger partial charge in [0.15, 0.2) is 11.6 Å². The van der Waals surface area contributed by atoms with E-state index in [2.05, 4.69) is 70.9 Å². The topological polar surface area (TPSA) is 92.6 Å². The van der Waals surface area contributed by atoms with Crippen molar-refractivity contribution in [1.29, 1.82) is 0 Å². The molecule has 0 saturated carbocycles. The smallest absolute Gasteiger partial charge is 0.269 e. The number of rotatable bonds is 11. The first kappa shape index (κ1) is 31.8. The SMILES string of the molecule is CC(=O)C1=C(C)NC(C)=C(C(=O)CCCCN2CCC(=C(c3ccccc3)c3ccccc3)CC2)C1c1cccc([N+](=O)[O-])c1. The van der Waals surface area contributed by atoms with Gasteiger partial charge >= 0.3 is 0 Å². The number of nitrogens with zero attached hydrogens (tertiary/aromatic N) is 2. The number of hydrogen-bond donors (Lipinski definition) is 1. The van der Waals surface area contributed by atoms with Gasteiger partial charge < -0.3 is 10.2 Å². The second-order valence-corrected chi connectivity index (χ2v) is 12.0. The molecule has 0 aliphatic carbocycles. The van der Waals surface area contributed by atoms with Crippen molar-refractivity contribution in [2.45, 2.75) is 58.8 Å². The highest BCUT2D eigenvalue weighted by Crippen LogP contribution is 2.40. The number of nitrogens with one attached hydrogen (secondary N) is 1. The van der Waals surface area contributed by atoms with Crippen LogP contribution in [0, 0.1) is 10.1 Å². The molecule has 3 aromatic rings. The lowest BCUT2D eigenvalue weighted by molar-refractivity contribution is -0.384. The molecule has 0 aromatic heterocycles. The fraction of sp³-hybridized carbons (Fsp3) is 0.316. The monoisotopic (exact) mass is 603 g/mol. The van der Waals surface area contributed by atoms with Crippen LogP contribution in [-0.4, -0.2) is 41.0 Å². The fourth-order valence-corrected chi connectivity index (χ4v) is 6.82. The molecule has 2 aliphatic rings. The van der Waals surface area contributed by atoms with E-state index < -0.39 is 10.8 Å². The Kier molecular flexibility index (Phi) is 10.2. The molecule has 2 heterocycles. The third kappa shape index (κ3) is 7.37. The predicted octanol–water partition coefficient (Wildman–Crippen LogP) is 7.76. The third-order valence-corrected chi connectivity index (χ3v) is 8.92. The van der Waals surface area contributed by atoms with Crippen LogP contribution < -0.4 is 5.32 Å². The summed E-state index contributed by atoms with van der Waals surface area (Å²) in [7, 11) is 0. The first-order valence-corrected chi connectivity index (χ1v) is 15.8. The van der Waals surface area contributed by atoms with Crippen LogP contribution in [0.5, 0.6) is 0 Å². The zero-order valence-electron chi connectivity index (χ0n) is 26.3. The molecule has 3 aromatic carbocycles. The van der Waals surface area contributed by atoms with E-state index in [1.54, 1.807) is 12.1 Å². The predicted molar refractivity (Wildman–Crippen MR) is 178 cm³/mol. The van der Waals surface area contributed by atoms with Gasteiger partial charge in [-0.15, -0.1) is 0 Å². The molecule has 1 atom stereocenters. The maximum absolute atomic E-state index is 13.7. The van der Waals surface area contributed by atoms with Crippen molar-refractivity contribution in [3.8, 4) is 0 Å². The Morgan fingerprint density at radius 1 is 0.844 bits per heavy atom. The zero-order chi connectivity index (χ0) is 31.9. The van der Waals surface area contributed by atoms with Crippen LogP contribution in [0.15, 0.2) is 113 Å². The molecule has 1 saturated heterocycles. The molecule has 7 nitrogen and oxygen atoms in total. The highest BCUT2D eigenvalue weighted by molar-refractivity contribution is 6.04. The van der Waals surface area contributed by atoms with Crippen LogP contribution >= 0.6 is 0 Å². The number of piperidine rings is 1. The number of Topliss-reactive ketones (excluding diaryl/α,β-unsaturated/α-hetero) is 2. The highest BCUT2D eigenvalue weighted by Gasteiger charge is 2.35. The van der Waals surface area contributed by atoms with E-state index in [4.69, 9.17) is 0 Å². The van der Waals surface area contributed by atoms with Crippen molar-refractivity contribution in [3.63, 3.8) is 0 Å². The summed E-state index contributed by atoms with van der Waals surface area (Å²) in [5.41, 5.74) is 8.25. The number of nitro groups is 1. The molecule has 7 heteroatoms. The summed E-state index contributed by atoms with van der Waals surface area (Å²) < 4.78 is 0. The Morgan fingerprint density at radius 2 is 1.44 bits per heavy atom. The Bertz CT molecular complexity index is 1620. The summed E-state index contributed by atoms with van der Waals surface area (Å²) in [6.07, 6.45) is 4.01. The Hall–Kier alpha value is -4.62. The average molecular weight is 604 g/mol. The van der Waals surface area contributed by atoms with Crippen LogP contribution in [0.1, 0.15) is 75.5 Å². The van der Waals surface area contributed by atoms with Crippen molar-refractivity contribution in [1.82, 2.24) is 10.2 Å². The zero-order valence-corrected chi connectivity index (χ0v) is 26.3. The molecule has 1 unspecified atom stereocenters. The van der Waals surface area contributed by atoms with Gasteiger partial charge in [0.2, 0.25) is 0 Å². The molecule has 1 N–H and O–H groups in total. The van der Waals surface area contributed by atoms with Gasteiger partial charge in [-0.25, -0.2) is 0 Å². The average Bonchev–Trinajstić information content (AvgIpc) is 3.04. The maximum Gasteiger partial charge on any atom is 0.269 e. The highest BCUT2D eigenvalue weighted by atomic mass is 16.6. The summed E-state index contributed by atoms with van der Waals surface area (Å²) in [6, 6.07) is 27.6. The summed E-state index contributed by atoms with van der Waals surface area (Å²) in [5, 5.41) is 14.7. The lowest BCUT2D eigenvalue weighted by atomic mass is 9.76. The summed E-state index contributed by atoms with van der Waals surface area (Å²) in [4.78, 5) is 40.1. The van der Waals surface area contributed by atoms with E-state index in [0.29, 0.717) is 34.5 Å². The lowest BCUT2D eigenvalue weighted by Crippen LogP contribution is -2.32. The molecule has 2 aliphatic heterocycles. The van der Waals surface area contributed by atoms with Crippen LogP contribution in [0.4, 0.5) is 5.69 Å². The first-order chi connectivity index (χ1) is 21.7. The van der Waals surface area contributed by atoms with E-state index in [1.807, 2.05) is 13.8 Å². The number of unbranched alkanes of at least 4 members (excludes halogenated alkanes) is 1. The van der Waals surface area contributed by atoms with Crippen LogP contribution in [-0.2, 0) is 9.59 Å². The molecule has 45 heavy (non-hydrogen) atoms. The van der Waals surface area contributed by atoms with Crippen LogP contribution in [0.2, 0.25) is 0 Å². The van der Waals surface area contributed by atoms with Crippen molar-refractivity contribution in [2.75, 3.05) is 19.6 Å². The number of benzene rings is 3. The minimum absolute atomic E-state index is 0.0259. The van der Waals surface area contributed by atoms with Crippen molar-refractivity contribution < 1.29 is 14.5 Å². The number of allylic oxidation sites excluding steroid dienone is 4. The second-order valence-electron chi connectivity index (χ2n) is 12.0. The molecular formula is C38H41N3O4. The Labute approximate surface area is 265 Å². The van der Waals surface area contributed by atoms with Crippen LogP contribution in [0.25, 0.3) is 5.57 Å². The Morgan fingerprint density at radius 3 is 2.02 bits per heavy atom. The molecule has 0 spiro atoms. The van der Waals surface area contributed by atoms with E-state index in [9.17, 15) is 19.7 Å². The van der Waals surface area contributed by atoms with Gasteiger partial charge in [-0.2, -0.15) is 0 Å². The largest absolute Gasteiger partial charge is 0.362 e. The van der Waals surface area contributed by atoms with Crippen molar-refractivity contribution >= 4 is 22.8 Å². The van der Waals surface area contributed by atoms with E-state index in [-0.39, 0.29) is 17.3 Å². The van der Waals surface area contributed by atoms with E-state index in [1.165, 1.54) is 41.3 Å². The second kappa shape index (κ2) is 14.4. The number of dihydropyridines is 1. The quantitative estimate of drug-likeness (QED) is 0.137. The number of hydrogen-bond acceptors (Lipinski definition) is 6. The third-order valence-electron chi connectivity index (χ3n) is 8.92. The van der Waals surface area contributed by atoms with E-state index >= 15 is 0 Å². The number of likely N-dealkylation sites (tertiary alicyclic amines) is 1. The maximum atomic E-state index is 13.7. The molecule has 0 amide bonds. The van der Waals surface area contributed by atoms with Gasteiger partial charge in [0.1, 0.15) is 0 Å². The number of non-ortho nitro benzene ring substituents is 1. The van der Waals surface area contributed by atoms with Crippen molar-refractivity contribution in [3.05, 3.63) is 140 Å². The van der Waals surface area contributed by atoms with Gasteiger partial charge in [-0.1, -0.05) is 78.4 Å². The molecule has 232 valence electrons. The number of nitro benzene ring substituents is 1. The Balaban J connectivity index is 1.23. The number of ketones is 2. The minimum atomic E-state index is -0.633. The standard InChI is InChI=1S/C38H41N3O4/c1-26-35(28(3)42)38(32-17-12-18-33(25-32)41(44)45)36(27(2)39-26)34(43)19-10-11-22-40-23-20-31(21-24-40)37(29-13-6-4-7-14-29)30-15-8-5-9-16-30/h4-9,12-18,25,38-39H,10-11,19-24H2,1-3H3. The lowest BCUT2D eigenvalue weighted by Gasteiger charge is -2.31. The van der Waals surface area contributed by atoms with Crippen molar-refractivity contribution in [2.24, 2.45) is 0 Å². The van der Waals surface area contributed by atoms with Gasteiger partial charge in [0, 0.05) is 60.1 Å². The molecular weight excluding hydrogens is 562 g/mol. The van der Waals surface area contributed by atoms with Gasteiger partial charge in [0.25, 0.3) is 5.69 Å².